The zero-order valence-corrected chi connectivity index (χ0v) is 15.1. The van der Waals surface area contributed by atoms with Crippen LogP contribution in [-0.2, 0) is 9.31 Å². The van der Waals surface area contributed by atoms with Crippen LogP contribution in [0.15, 0.2) is 30.2 Å². The molecule has 1 heterocycles. The number of likely N-dealkylation sites (N-methyl/N-ethyl adjacent to an activating group) is 1. The van der Waals surface area contributed by atoms with Gasteiger partial charge in [-0.3, -0.25) is 0 Å². The van der Waals surface area contributed by atoms with Gasteiger partial charge < -0.3 is 18.9 Å². The van der Waals surface area contributed by atoms with E-state index in [2.05, 4.69) is 32.6 Å². The van der Waals surface area contributed by atoms with Crippen LogP contribution in [0, 0.1) is 0 Å². The van der Waals surface area contributed by atoms with Crippen molar-refractivity contribution in [3.05, 3.63) is 35.8 Å². The first-order chi connectivity index (χ1) is 10.7. The molecule has 0 radical (unpaired) electrons. The van der Waals surface area contributed by atoms with Crippen molar-refractivity contribution in [2.75, 3.05) is 27.2 Å². The summed E-state index contributed by atoms with van der Waals surface area (Å²) in [5.41, 5.74) is 0.498. The third-order valence-corrected chi connectivity index (χ3v) is 4.40. The van der Waals surface area contributed by atoms with Gasteiger partial charge in [-0.1, -0.05) is 24.2 Å². The van der Waals surface area contributed by atoms with Crippen molar-refractivity contribution in [2.24, 2.45) is 0 Å². The second-order valence-corrected chi connectivity index (χ2v) is 7.20. The van der Waals surface area contributed by atoms with E-state index in [9.17, 15) is 0 Å². The van der Waals surface area contributed by atoms with Gasteiger partial charge >= 0.3 is 7.12 Å². The average molecular weight is 317 g/mol. The van der Waals surface area contributed by atoms with E-state index >= 15 is 0 Å². The molecular weight excluding hydrogens is 289 g/mol. The van der Waals surface area contributed by atoms with Crippen molar-refractivity contribution in [2.45, 2.75) is 38.9 Å². The number of ether oxygens (including phenoxy) is 1. The van der Waals surface area contributed by atoms with Crippen molar-refractivity contribution in [1.29, 1.82) is 0 Å². The van der Waals surface area contributed by atoms with E-state index in [0.717, 1.165) is 17.9 Å². The largest absolute Gasteiger partial charge is 0.492 e. The van der Waals surface area contributed by atoms with Crippen LogP contribution in [0.2, 0.25) is 0 Å². The summed E-state index contributed by atoms with van der Waals surface area (Å²) in [5.74, 6) is 2.85. The molecule has 1 saturated heterocycles. The lowest BCUT2D eigenvalue weighted by Gasteiger charge is -2.32. The molecule has 0 aliphatic carbocycles. The van der Waals surface area contributed by atoms with Gasteiger partial charge in [0.25, 0.3) is 0 Å². The van der Waals surface area contributed by atoms with Crippen molar-refractivity contribution in [1.82, 2.24) is 4.90 Å². The maximum Gasteiger partial charge on any atom is 0.487 e. The van der Waals surface area contributed by atoms with Crippen LogP contribution in [0.5, 0.6) is 5.75 Å². The monoisotopic (exact) mass is 317 g/mol. The summed E-state index contributed by atoms with van der Waals surface area (Å²) in [6, 6.07) is 8.04. The van der Waals surface area contributed by atoms with Crippen molar-refractivity contribution in [3.63, 3.8) is 0 Å². The fourth-order valence-corrected chi connectivity index (χ4v) is 2.18. The van der Waals surface area contributed by atoms with E-state index in [1.54, 1.807) is 0 Å². The normalized spacial score (nSPS) is 19.7. The van der Waals surface area contributed by atoms with Crippen molar-refractivity contribution >= 4 is 13.2 Å². The Morgan fingerprint density at radius 2 is 1.61 bits per heavy atom. The molecule has 0 spiro atoms. The average Bonchev–Trinajstić information content (AvgIpc) is 2.65. The maximum absolute atomic E-state index is 5.95. The third kappa shape index (κ3) is 4.84. The van der Waals surface area contributed by atoms with Crippen LogP contribution in [0.1, 0.15) is 33.3 Å². The molecule has 23 heavy (non-hydrogen) atoms. The van der Waals surface area contributed by atoms with E-state index in [1.807, 2.05) is 50.4 Å². The molecule has 0 saturated carbocycles. The molecule has 0 amide bonds. The van der Waals surface area contributed by atoms with Crippen LogP contribution in [0.4, 0.5) is 0 Å². The Morgan fingerprint density at radius 3 is 2.13 bits per heavy atom. The molecule has 1 aromatic rings. The summed E-state index contributed by atoms with van der Waals surface area (Å²) >= 11 is 0. The quantitative estimate of drug-likeness (QED) is 0.754. The van der Waals surface area contributed by atoms with Crippen LogP contribution in [-0.4, -0.2) is 50.5 Å². The summed E-state index contributed by atoms with van der Waals surface area (Å²) in [6.45, 7) is 9.82. The molecular formula is C18H28BNO3. The molecule has 5 heteroatoms. The Kier molecular flexibility index (Phi) is 5.55. The number of benzene rings is 1. The first-order valence-corrected chi connectivity index (χ1v) is 8.11. The van der Waals surface area contributed by atoms with E-state index in [4.69, 9.17) is 14.0 Å². The van der Waals surface area contributed by atoms with Gasteiger partial charge in [0.15, 0.2) is 0 Å². The van der Waals surface area contributed by atoms with E-state index in [-0.39, 0.29) is 18.3 Å². The lowest BCUT2D eigenvalue weighted by molar-refractivity contribution is 0.00578. The highest BCUT2D eigenvalue weighted by Gasteiger charge is 2.49. The summed E-state index contributed by atoms with van der Waals surface area (Å²) in [4.78, 5) is 2.10. The maximum atomic E-state index is 5.95. The minimum Gasteiger partial charge on any atom is -0.492 e. The fourth-order valence-electron chi connectivity index (χ4n) is 2.18. The molecule has 0 atom stereocenters. The molecule has 0 unspecified atom stereocenters. The van der Waals surface area contributed by atoms with Gasteiger partial charge in [0.05, 0.1) is 11.2 Å². The zero-order chi connectivity index (χ0) is 17.1. The zero-order valence-electron chi connectivity index (χ0n) is 15.1. The lowest BCUT2D eigenvalue weighted by atomic mass is 9.89. The molecule has 1 aliphatic rings. The van der Waals surface area contributed by atoms with Crippen LogP contribution in [0.3, 0.4) is 0 Å². The lowest BCUT2D eigenvalue weighted by Crippen LogP contribution is -2.41. The van der Waals surface area contributed by atoms with Crippen molar-refractivity contribution in [3.8, 4) is 5.75 Å². The highest BCUT2D eigenvalue weighted by atomic mass is 16.7. The molecule has 1 aromatic carbocycles. The van der Waals surface area contributed by atoms with Gasteiger partial charge in [-0.25, -0.2) is 0 Å². The number of rotatable bonds is 6. The smallest absolute Gasteiger partial charge is 0.487 e. The molecule has 2 rings (SSSR count). The van der Waals surface area contributed by atoms with Gasteiger partial charge in [0.2, 0.25) is 0 Å². The minimum atomic E-state index is -0.309. The van der Waals surface area contributed by atoms with Gasteiger partial charge in [-0.05, 0) is 59.5 Å². The number of nitrogens with zero attached hydrogens (tertiary/aromatic N) is 1. The van der Waals surface area contributed by atoms with Crippen LogP contribution < -0.4 is 4.74 Å². The van der Waals surface area contributed by atoms with E-state index in [0.29, 0.717) is 6.61 Å². The summed E-state index contributed by atoms with van der Waals surface area (Å²) in [7, 11) is 3.76. The van der Waals surface area contributed by atoms with E-state index < -0.39 is 0 Å². The van der Waals surface area contributed by atoms with Gasteiger partial charge in [0, 0.05) is 6.54 Å². The molecule has 0 aromatic heterocycles. The third-order valence-electron chi connectivity index (χ3n) is 4.40. The van der Waals surface area contributed by atoms with Crippen molar-refractivity contribution < 1.29 is 14.0 Å². The Bertz CT molecular complexity index is 522. The molecule has 1 fully saturated rings. The molecule has 0 N–H and O–H groups in total. The van der Waals surface area contributed by atoms with Crippen LogP contribution in [0.25, 0.3) is 6.08 Å². The number of hydrogen-bond donors (Lipinski definition) is 0. The predicted molar refractivity (Wildman–Crippen MR) is 95.6 cm³/mol. The van der Waals surface area contributed by atoms with Gasteiger partial charge in [-0.15, -0.1) is 0 Å². The highest BCUT2D eigenvalue weighted by Crippen LogP contribution is 2.37. The SMILES string of the molecule is CN(C)CCOc1ccc(/C=C/B2OC(C)(C)C(C)(C)O2)cc1. The summed E-state index contributed by atoms with van der Waals surface area (Å²) in [5, 5.41) is 0. The topological polar surface area (TPSA) is 30.9 Å². The summed E-state index contributed by atoms with van der Waals surface area (Å²) in [6.07, 6.45) is 2.02. The molecule has 1 aliphatic heterocycles. The first kappa shape index (κ1) is 18.0. The fraction of sp³-hybridized carbons (Fsp3) is 0.556. The molecule has 0 bridgehead atoms. The van der Waals surface area contributed by atoms with Crippen LogP contribution >= 0.6 is 0 Å². The Balaban J connectivity index is 1.89. The second kappa shape index (κ2) is 7.08. The standard InChI is InChI=1S/C18H28BNO3/c1-17(2)18(3,4)23-19(22-17)12-11-15-7-9-16(10-8-15)21-14-13-20(5)6/h7-12H,13-14H2,1-6H3/b12-11+. The van der Waals surface area contributed by atoms with Gasteiger partial charge in [-0.2, -0.15) is 0 Å². The second-order valence-electron chi connectivity index (χ2n) is 7.20. The Labute approximate surface area is 140 Å². The summed E-state index contributed by atoms with van der Waals surface area (Å²) < 4.78 is 17.6. The highest BCUT2D eigenvalue weighted by molar-refractivity contribution is 6.52. The Morgan fingerprint density at radius 1 is 1.04 bits per heavy atom. The van der Waals surface area contributed by atoms with E-state index in [1.165, 1.54) is 0 Å². The molecule has 126 valence electrons. The Hall–Kier alpha value is -1.30. The molecule has 4 nitrogen and oxygen atoms in total. The van der Waals surface area contributed by atoms with Gasteiger partial charge in [0.1, 0.15) is 12.4 Å². The number of hydrogen-bond acceptors (Lipinski definition) is 4. The minimum absolute atomic E-state index is 0.299. The predicted octanol–water partition coefficient (Wildman–Crippen LogP) is 3.27. The first-order valence-electron chi connectivity index (χ1n) is 8.11.